The summed E-state index contributed by atoms with van der Waals surface area (Å²) in [7, 11) is 1.18. The fraction of sp³-hybridized carbons (Fsp3) is 0.364. The SMILES string of the molecule is CCC(=O)N1N=C(c2cccc(NS(C)(=O)=O)c2)C[C@@H]1c1ccc(OC)c(OC)c1OC. The van der Waals surface area contributed by atoms with Gasteiger partial charge in [-0.05, 0) is 29.8 Å². The van der Waals surface area contributed by atoms with Crippen molar-refractivity contribution in [1.82, 2.24) is 5.01 Å². The van der Waals surface area contributed by atoms with Crippen molar-refractivity contribution in [2.45, 2.75) is 25.8 Å². The highest BCUT2D eigenvalue weighted by Crippen LogP contribution is 2.46. The Labute approximate surface area is 188 Å². The lowest BCUT2D eigenvalue weighted by Crippen LogP contribution is -2.26. The molecule has 3 rings (SSSR count). The standard InChI is InChI=1S/C22H27N3O6S/c1-6-20(26)25-18(16-10-11-19(29-2)22(31-4)21(16)30-3)13-17(23-25)14-8-7-9-15(12-14)24-32(5,27)28/h7-12,18,24H,6,13H2,1-5H3/t18-/m1/s1. The maximum absolute atomic E-state index is 12.7. The molecule has 9 nitrogen and oxygen atoms in total. The molecule has 1 aliphatic heterocycles. The van der Waals surface area contributed by atoms with Crippen molar-refractivity contribution in [3.63, 3.8) is 0 Å². The Bertz CT molecular complexity index is 1150. The van der Waals surface area contributed by atoms with E-state index in [0.29, 0.717) is 35.1 Å². The highest BCUT2D eigenvalue weighted by Gasteiger charge is 2.35. The zero-order valence-electron chi connectivity index (χ0n) is 18.7. The van der Waals surface area contributed by atoms with E-state index in [1.165, 1.54) is 26.3 Å². The molecule has 1 N–H and O–H groups in total. The van der Waals surface area contributed by atoms with Gasteiger partial charge >= 0.3 is 0 Å². The lowest BCUT2D eigenvalue weighted by atomic mass is 9.96. The molecule has 0 saturated carbocycles. The van der Waals surface area contributed by atoms with Gasteiger partial charge in [0.1, 0.15) is 0 Å². The van der Waals surface area contributed by atoms with Crippen molar-refractivity contribution in [2.24, 2.45) is 5.10 Å². The van der Waals surface area contributed by atoms with Crippen LogP contribution in [0.5, 0.6) is 17.2 Å². The Hall–Kier alpha value is -3.27. The van der Waals surface area contributed by atoms with Gasteiger partial charge in [0.2, 0.25) is 21.7 Å². The van der Waals surface area contributed by atoms with E-state index in [1.54, 1.807) is 31.2 Å². The lowest BCUT2D eigenvalue weighted by Gasteiger charge is -2.24. The van der Waals surface area contributed by atoms with E-state index >= 15 is 0 Å². The van der Waals surface area contributed by atoms with Crippen molar-refractivity contribution in [2.75, 3.05) is 32.3 Å². The van der Waals surface area contributed by atoms with E-state index in [9.17, 15) is 13.2 Å². The third kappa shape index (κ3) is 4.80. The first kappa shape index (κ1) is 23.4. The summed E-state index contributed by atoms with van der Waals surface area (Å²) in [5.74, 6) is 1.27. The maximum Gasteiger partial charge on any atom is 0.242 e. The monoisotopic (exact) mass is 461 g/mol. The van der Waals surface area contributed by atoms with Crippen LogP contribution in [0.15, 0.2) is 41.5 Å². The third-order valence-electron chi connectivity index (χ3n) is 5.06. The van der Waals surface area contributed by atoms with Crippen LogP contribution in [0.3, 0.4) is 0 Å². The van der Waals surface area contributed by atoms with Crippen LogP contribution in [0.2, 0.25) is 0 Å². The first-order chi connectivity index (χ1) is 15.2. The maximum atomic E-state index is 12.7. The van der Waals surface area contributed by atoms with Gasteiger partial charge in [-0.3, -0.25) is 9.52 Å². The van der Waals surface area contributed by atoms with Crippen LogP contribution >= 0.6 is 0 Å². The summed E-state index contributed by atoms with van der Waals surface area (Å²) in [5, 5.41) is 6.05. The van der Waals surface area contributed by atoms with Crippen LogP contribution < -0.4 is 18.9 Å². The van der Waals surface area contributed by atoms with Crippen LogP contribution in [0.1, 0.15) is 36.9 Å². The van der Waals surface area contributed by atoms with Gasteiger partial charge in [-0.1, -0.05) is 19.1 Å². The fourth-order valence-electron chi connectivity index (χ4n) is 3.68. The summed E-state index contributed by atoms with van der Waals surface area (Å²) in [6, 6.07) is 10.1. The first-order valence-corrected chi connectivity index (χ1v) is 11.9. The van der Waals surface area contributed by atoms with Gasteiger partial charge in [0.25, 0.3) is 0 Å². The molecule has 0 saturated heterocycles. The molecule has 10 heteroatoms. The molecule has 0 unspecified atom stereocenters. The highest BCUT2D eigenvalue weighted by atomic mass is 32.2. The fourth-order valence-corrected chi connectivity index (χ4v) is 4.24. The topological polar surface area (TPSA) is 107 Å². The van der Waals surface area contributed by atoms with E-state index in [-0.39, 0.29) is 12.3 Å². The van der Waals surface area contributed by atoms with Gasteiger partial charge in [0.15, 0.2) is 11.5 Å². The number of nitrogens with one attached hydrogen (secondary N) is 1. The predicted molar refractivity (Wildman–Crippen MR) is 122 cm³/mol. The molecule has 0 fully saturated rings. The smallest absolute Gasteiger partial charge is 0.242 e. The predicted octanol–water partition coefficient (Wildman–Crippen LogP) is 3.17. The van der Waals surface area contributed by atoms with E-state index in [0.717, 1.165) is 17.4 Å². The van der Waals surface area contributed by atoms with Crippen molar-refractivity contribution < 1.29 is 27.4 Å². The summed E-state index contributed by atoms with van der Waals surface area (Å²) >= 11 is 0. The van der Waals surface area contributed by atoms with Gasteiger partial charge in [-0.15, -0.1) is 0 Å². The Kier molecular flexibility index (Phi) is 6.93. The molecule has 2 aromatic rings. The molecule has 2 aromatic carbocycles. The minimum Gasteiger partial charge on any atom is -0.493 e. The van der Waals surface area contributed by atoms with Crippen LogP contribution in [-0.4, -0.2) is 52.6 Å². The Balaban J connectivity index is 2.04. The second-order valence-electron chi connectivity index (χ2n) is 7.24. The number of hydrogen-bond donors (Lipinski definition) is 1. The molecule has 1 aliphatic rings. The number of carbonyl (C=O) groups is 1. The second-order valence-corrected chi connectivity index (χ2v) is 8.99. The zero-order chi connectivity index (χ0) is 23.5. The van der Waals surface area contributed by atoms with Gasteiger partial charge in [0, 0.05) is 24.1 Å². The van der Waals surface area contributed by atoms with Gasteiger partial charge in [0.05, 0.1) is 39.3 Å². The number of hydrazone groups is 1. The molecule has 0 aromatic heterocycles. The normalized spacial score (nSPS) is 15.8. The number of ether oxygens (including phenoxy) is 3. The molecule has 1 atom stereocenters. The van der Waals surface area contributed by atoms with Crippen molar-refractivity contribution in [3.8, 4) is 17.2 Å². The molecule has 0 radical (unpaired) electrons. The number of methoxy groups -OCH3 is 3. The van der Waals surface area contributed by atoms with Gasteiger partial charge in [-0.2, -0.15) is 5.10 Å². The van der Waals surface area contributed by atoms with Crippen LogP contribution in [0, 0.1) is 0 Å². The number of nitrogens with zero attached hydrogens (tertiary/aromatic N) is 2. The molecule has 32 heavy (non-hydrogen) atoms. The molecule has 1 heterocycles. The Morgan fingerprint density at radius 1 is 1.12 bits per heavy atom. The molecule has 0 aliphatic carbocycles. The molecule has 1 amide bonds. The van der Waals surface area contributed by atoms with Crippen LogP contribution in [0.4, 0.5) is 5.69 Å². The molecule has 0 spiro atoms. The number of carbonyl (C=O) groups excluding carboxylic acids is 1. The van der Waals surface area contributed by atoms with Gasteiger partial charge in [-0.25, -0.2) is 13.4 Å². The number of sulfonamides is 1. The summed E-state index contributed by atoms with van der Waals surface area (Å²) < 4.78 is 42.2. The summed E-state index contributed by atoms with van der Waals surface area (Å²) in [6.07, 6.45) is 1.78. The quantitative estimate of drug-likeness (QED) is 0.647. The van der Waals surface area contributed by atoms with Crippen molar-refractivity contribution >= 4 is 27.3 Å². The number of hydrogen-bond acceptors (Lipinski definition) is 7. The number of rotatable bonds is 8. The highest BCUT2D eigenvalue weighted by molar-refractivity contribution is 7.92. The van der Waals surface area contributed by atoms with Crippen molar-refractivity contribution in [1.29, 1.82) is 0 Å². The molecular formula is C22H27N3O6S. The Morgan fingerprint density at radius 2 is 1.84 bits per heavy atom. The largest absolute Gasteiger partial charge is 0.493 e. The van der Waals surface area contributed by atoms with Gasteiger partial charge < -0.3 is 14.2 Å². The molecular weight excluding hydrogens is 434 g/mol. The summed E-state index contributed by atoms with van der Waals surface area (Å²) in [4.78, 5) is 12.7. The van der Waals surface area contributed by atoms with E-state index in [1.807, 2.05) is 12.1 Å². The van der Waals surface area contributed by atoms with Crippen LogP contribution in [-0.2, 0) is 14.8 Å². The second kappa shape index (κ2) is 9.47. The minimum absolute atomic E-state index is 0.146. The van der Waals surface area contributed by atoms with E-state index in [2.05, 4.69) is 9.82 Å². The average Bonchev–Trinajstić information content (AvgIpc) is 3.21. The van der Waals surface area contributed by atoms with Crippen molar-refractivity contribution in [3.05, 3.63) is 47.5 Å². The number of benzene rings is 2. The summed E-state index contributed by atoms with van der Waals surface area (Å²) in [6.45, 7) is 1.77. The lowest BCUT2D eigenvalue weighted by molar-refractivity contribution is -0.132. The molecule has 172 valence electrons. The number of anilines is 1. The summed E-state index contributed by atoms with van der Waals surface area (Å²) in [5.41, 5.74) is 2.53. The minimum atomic E-state index is -3.42. The average molecular weight is 462 g/mol. The van der Waals surface area contributed by atoms with E-state index < -0.39 is 16.1 Å². The Morgan fingerprint density at radius 3 is 2.44 bits per heavy atom. The third-order valence-corrected chi connectivity index (χ3v) is 5.67. The van der Waals surface area contributed by atoms with Crippen LogP contribution in [0.25, 0.3) is 0 Å². The first-order valence-electron chi connectivity index (χ1n) is 9.99. The zero-order valence-corrected chi connectivity index (χ0v) is 19.5. The van der Waals surface area contributed by atoms with E-state index in [4.69, 9.17) is 14.2 Å². The molecule has 0 bridgehead atoms. The number of amides is 1.